The average Bonchev–Trinajstić information content (AvgIpc) is 3.13. The Bertz CT molecular complexity index is 737. The van der Waals surface area contributed by atoms with Crippen LogP contribution in [0.25, 0.3) is 0 Å². The van der Waals surface area contributed by atoms with Crippen molar-refractivity contribution in [1.29, 1.82) is 0 Å². The Morgan fingerprint density at radius 3 is 3.00 bits per heavy atom. The maximum atomic E-state index is 12.7. The number of carbonyl (C=O) groups is 1. The van der Waals surface area contributed by atoms with Crippen molar-refractivity contribution in [3.05, 3.63) is 48.3 Å². The minimum absolute atomic E-state index is 0.0819. The van der Waals surface area contributed by atoms with E-state index in [1.807, 2.05) is 18.3 Å². The Hall–Kier alpha value is -2.25. The Morgan fingerprint density at radius 1 is 1.40 bits per heavy atom. The van der Waals surface area contributed by atoms with Crippen LogP contribution in [0.2, 0.25) is 0 Å². The van der Waals surface area contributed by atoms with Crippen LogP contribution in [0.4, 0.5) is 0 Å². The van der Waals surface area contributed by atoms with Crippen LogP contribution >= 0.6 is 0 Å². The number of rotatable bonds is 3. The van der Waals surface area contributed by atoms with Crippen molar-refractivity contribution in [2.45, 2.75) is 37.6 Å². The number of aromatic nitrogens is 3. The van der Waals surface area contributed by atoms with Gasteiger partial charge in [-0.25, -0.2) is 4.98 Å². The first-order valence-electron chi connectivity index (χ1n) is 8.71. The van der Waals surface area contributed by atoms with E-state index < -0.39 is 11.7 Å². The first kappa shape index (κ1) is 16.2. The predicted molar refractivity (Wildman–Crippen MR) is 91.6 cm³/mol. The minimum Gasteiger partial charge on any atom is -0.352 e. The molecule has 1 fully saturated rings. The van der Waals surface area contributed by atoms with Gasteiger partial charge in [0, 0.05) is 44.4 Å². The summed E-state index contributed by atoms with van der Waals surface area (Å²) in [6.45, 7) is 2.85. The van der Waals surface area contributed by atoms with Gasteiger partial charge in [0.25, 0.3) is 5.91 Å². The van der Waals surface area contributed by atoms with Crippen molar-refractivity contribution in [1.82, 2.24) is 24.8 Å². The van der Waals surface area contributed by atoms with Gasteiger partial charge < -0.3 is 19.5 Å². The largest absolute Gasteiger partial charge is 0.352 e. The number of fused-ring (bicyclic) bond motifs is 2. The molecule has 7 heteroatoms. The molecule has 0 radical (unpaired) electrons. The minimum atomic E-state index is -0.498. The van der Waals surface area contributed by atoms with Crippen LogP contribution in [0, 0.1) is 0 Å². The number of hydrogen-bond donors (Lipinski definition) is 1. The Balaban J connectivity index is 1.49. The van der Waals surface area contributed by atoms with Gasteiger partial charge in [-0.2, -0.15) is 0 Å². The van der Waals surface area contributed by atoms with E-state index in [9.17, 15) is 4.79 Å². The Kier molecular flexibility index (Phi) is 4.27. The lowest BCUT2D eigenvalue weighted by atomic mass is 9.88. The third-order valence-electron chi connectivity index (χ3n) is 5.13. The van der Waals surface area contributed by atoms with Gasteiger partial charge in [-0.1, -0.05) is 6.07 Å². The molecule has 7 nitrogen and oxygen atoms in total. The summed E-state index contributed by atoms with van der Waals surface area (Å²) in [4.78, 5) is 23.6. The van der Waals surface area contributed by atoms with Gasteiger partial charge in [0.05, 0.1) is 6.54 Å². The number of likely N-dealkylation sites (tertiary alicyclic amines) is 1. The van der Waals surface area contributed by atoms with Crippen LogP contribution in [-0.2, 0) is 28.2 Å². The van der Waals surface area contributed by atoms with Gasteiger partial charge in [0.2, 0.25) is 0 Å². The van der Waals surface area contributed by atoms with Gasteiger partial charge in [0.1, 0.15) is 11.4 Å². The molecule has 1 N–H and O–H groups in total. The zero-order valence-corrected chi connectivity index (χ0v) is 14.4. The van der Waals surface area contributed by atoms with Crippen molar-refractivity contribution in [3.63, 3.8) is 0 Å². The van der Waals surface area contributed by atoms with Crippen LogP contribution in [0.3, 0.4) is 0 Å². The molecule has 4 heterocycles. The molecule has 1 spiro atoms. The van der Waals surface area contributed by atoms with E-state index in [2.05, 4.69) is 31.8 Å². The number of ether oxygens (including phenoxy) is 1. The summed E-state index contributed by atoms with van der Waals surface area (Å²) in [5.74, 6) is 0.874. The summed E-state index contributed by atoms with van der Waals surface area (Å²) in [5.41, 5.74) is 0.522. The maximum Gasteiger partial charge on any atom is 0.251 e. The van der Waals surface area contributed by atoms with Gasteiger partial charge in [-0.05, 0) is 31.5 Å². The molecule has 25 heavy (non-hydrogen) atoms. The fraction of sp³-hybridized carbons (Fsp3) is 0.500. The molecule has 2 aliphatic rings. The highest BCUT2D eigenvalue weighted by molar-refractivity contribution is 5.80. The molecule has 132 valence electrons. The van der Waals surface area contributed by atoms with Crippen LogP contribution in [0.15, 0.2) is 36.9 Å². The molecular formula is C18H23N5O2. The third-order valence-corrected chi connectivity index (χ3v) is 5.13. The second kappa shape index (κ2) is 6.57. The first-order chi connectivity index (χ1) is 12.2. The molecule has 2 aliphatic heterocycles. The van der Waals surface area contributed by atoms with Crippen LogP contribution < -0.4 is 5.32 Å². The zero-order chi connectivity index (χ0) is 17.3. The first-order valence-corrected chi connectivity index (χ1v) is 8.71. The fourth-order valence-electron chi connectivity index (χ4n) is 3.66. The monoisotopic (exact) mass is 341 g/mol. The SMILES string of the molecule is CN1CCC2(CC1)OC(C(=O)NCc1cccnc1)Cn1ccnc12. The second-order valence-corrected chi connectivity index (χ2v) is 6.89. The molecule has 0 aromatic carbocycles. The van der Waals surface area contributed by atoms with Crippen LogP contribution in [0.1, 0.15) is 24.2 Å². The van der Waals surface area contributed by atoms with Crippen molar-refractivity contribution in [3.8, 4) is 0 Å². The molecule has 1 atom stereocenters. The van der Waals surface area contributed by atoms with E-state index in [-0.39, 0.29) is 5.91 Å². The lowest BCUT2D eigenvalue weighted by Crippen LogP contribution is -2.53. The smallest absolute Gasteiger partial charge is 0.251 e. The zero-order valence-electron chi connectivity index (χ0n) is 14.4. The normalized spacial score (nSPS) is 22.5. The number of carbonyl (C=O) groups excluding carboxylic acids is 1. The highest BCUT2D eigenvalue weighted by Crippen LogP contribution is 2.39. The van der Waals surface area contributed by atoms with Crippen molar-refractivity contribution < 1.29 is 9.53 Å². The topological polar surface area (TPSA) is 72.3 Å². The molecule has 0 bridgehead atoms. The van der Waals surface area contributed by atoms with E-state index in [4.69, 9.17) is 4.74 Å². The fourth-order valence-corrected chi connectivity index (χ4v) is 3.66. The van der Waals surface area contributed by atoms with Crippen molar-refractivity contribution in [2.75, 3.05) is 20.1 Å². The third kappa shape index (κ3) is 3.17. The quantitative estimate of drug-likeness (QED) is 0.899. The maximum absolute atomic E-state index is 12.7. The Morgan fingerprint density at radius 2 is 2.24 bits per heavy atom. The van der Waals surface area contributed by atoms with E-state index >= 15 is 0 Å². The summed E-state index contributed by atoms with van der Waals surface area (Å²) in [6.07, 6.45) is 8.43. The average molecular weight is 341 g/mol. The Labute approximate surface area is 147 Å². The van der Waals surface area contributed by atoms with E-state index in [0.29, 0.717) is 13.1 Å². The molecule has 4 rings (SSSR count). The molecule has 1 amide bonds. The molecule has 0 saturated carbocycles. The van der Waals surface area contributed by atoms with Crippen LogP contribution in [-0.4, -0.2) is 51.6 Å². The number of nitrogens with one attached hydrogen (secondary N) is 1. The van der Waals surface area contributed by atoms with E-state index in [0.717, 1.165) is 37.3 Å². The molecule has 0 aliphatic carbocycles. The van der Waals surface area contributed by atoms with Crippen LogP contribution in [0.5, 0.6) is 0 Å². The number of piperidine rings is 1. The number of imidazole rings is 1. The number of amides is 1. The number of pyridine rings is 1. The number of hydrogen-bond acceptors (Lipinski definition) is 5. The molecule has 1 saturated heterocycles. The highest BCUT2D eigenvalue weighted by atomic mass is 16.5. The summed E-state index contributed by atoms with van der Waals surface area (Å²) < 4.78 is 8.43. The van der Waals surface area contributed by atoms with E-state index in [1.54, 1.807) is 18.6 Å². The van der Waals surface area contributed by atoms with E-state index in [1.165, 1.54) is 0 Å². The lowest BCUT2D eigenvalue weighted by Gasteiger charge is -2.44. The summed E-state index contributed by atoms with van der Waals surface area (Å²) in [7, 11) is 2.11. The van der Waals surface area contributed by atoms with Crippen molar-refractivity contribution >= 4 is 5.91 Å². The predicted octanol–water partition coefficient (Wildman–Crippen LogP) is 0.914. The van der Waals surface area contributed by atoms with Gasteiger partial charge in [-0.15, -0.1) is 0 Å². The summed E-state index contributed by atoms with van der Waals surface area (Å²) in [5, 5.41) is 2.97. The molecule has 1 unspecified atom stereocenters. The summed E-state index contributed by atoms with van der Waals surface area (Å²) >= 11 is 0. The van der Waals surface area contributed by atoms with Gasteiger partial charge in [0.15, 0.2) is 6.10 Å². The highest BCUT2D eigenvalue weighted by Gasteiger charge is 2.46. The van der Waals surface area contributed by atoms with Gasteiger partial charge in [-0.3, -0.25) is 9.78 Å². The molecular weight excluding hydrogens is 318 g/mol. The number of nitrogens with zero attached hydrogens (tertiary/aromatic N) is 4. The summed E-state index contributed by atoms with van der Waals surface area (Å²) in [6, 6.07) is 3.81. The standard InChI is InChI=1S/C18H23N5O2/c1-22-8-4-18(5-9-22)17-20-7-10-23(17)13-15(25-18)16(24)21-12-14-3-2-6-19-11-14/h2-3,6-7,10-11,15H,4-5,8-9,12-13H2,1H3,(H,21,24). The second-order valence-electron chi connectivity index (χ2n) is 6.89. The molecule has 2 aromatic rings. The molecule has 2 aromatic heterocycles. The lowest BCUT2D eigenvalue weighted by molar-refractivity contribution is -0.172. The van der Waals surface area contributed by atoms with Crippen molar-refractivity contribution in [2.24, 2.45) is 0 Å². The van der Waals surface area contributed by atoms with Gasteiger partial charge >= 0.3 is 0 Å².